The van der Waals surface area contributed by atoms with Gasteiger partial charge in [-0.2, -0.15) is 25.1 Å². The maximum atomic E-state index is 3.25. The monoisotopic (exact) mass is 118 g/mol. The van der Waals surface area contributed by atoms with Gasteiger partial charge in [0.1, 0.15) is 0 Å². The predicted octanol–water partition coefficient (Wildman–Crippen LogP) is 1.87. The molecule has 0 bridgehead atoms. The molecule has 0 saturated carbocycles. The Hall–Kier alpha value is 0.116. The van der Waals surface area contributed by atoms with Crippen LogP contribution in [0.5, 0.6) is 0 Å². The second-order valence-corrected chi connectivity index (χ2v) is 0.962. The standard InChI is InChI=1S/C5H5.C2H5.Mg/c1-2-4-5-3-1;1-2;/h1-5H;1H2,2H3;/q2*-1;+2. The molecule has 1 aromatic carbocycles. The van der Waals surface area contributed by atoms with Gasteiger partial charge in [0.15, 0.2) is 0 Å². The molecule has 0 aliphatic carbocycles. The summed E-state index contributed by atoms with van der Waals surface area (Å²) in [4.78, 5) is 0. The molecule has 0 aliphatic heterocycles. The summed E-state index contributed by atoms with van der Waals surface area (Å²) in [6.07, 6.45) is 0. The van der Waals surface area contributed by atoms with Crippen LogP contribution in [0.1, 0.15) is 6.92 Å². The van der Waals surface area contributed by atoms with Crippen LogP contribution in [0.3, 0.4) is 0 Å². The van der Waals surface area contributed by atoms with Crippen molar-refractivity contribution in [1.82, 2.24) is 0 Å². The van der Waals surface area contributed by atoms with Gasteiger partial charge in [0.25, 0.3) is 0 Å². The Morgan fingerprint density at radius 2 is 1.50 bits per heavy atom. The molecular weight excluding hydrogens is 108 g/mol. The van der Waals surface area contributed by atoms with E-state index in [1.807, 2.05) is 30.3 Å². The molecule has 1 heteroatoms. The Labute approximate surface area is 67.4 Å². The minimum Gasteiger partial charge on any atom is -0.346 e. The van der Waals surface area contributed by atoms with E-state index in [2.05, 4.69) is 6.92 Å². The van der Waals surface area contributed by atoms with Crippen LogP contribution in [0.2, 0.25) is 0 Å². The fraction of sp³-hybridized carbons (Fsp3) is 0.143. The normalized spacial score (nSPS) is 5.75. The first-order chi connectivity index (χ1) is 3.50. The van der Waals surface area contributed by atoms with E-state index in [1.165, 1.54) is 0 Å². The van der Waals surface area contributed by atoms with Crippen LogP contribution in [0.4, 0.5) is 0 Å². The zero-order valence-electron chi connectivity index (χ0n) is 5.30. The van der Waals surface area contributed by atoms with Crippen molar-refractivity contribution in [3.8, 4) is 0 Å². The van der Waals surface area contributed by atoms with Crippen LogP contribution in [0.15, 0.2) is 30.3 Å². The van der Waals surface area contributed by atoms with Crippen LogP contribution < -0.4 is 0 Å². The zero-order chi connectivity index (χ0) is 5.54. The third-order valence-corrected chi connectivity index (χ3v) is 0.556. The number of hydrogen-bond acceptors (Lipinski definition) is 0. The van der Waals surface area contributed by atoms with E-state index in [9.17, 15) is 0 Å². The van der Waals surface area contributed by atoms with Gasteiger partial charge in [0.2, 0.25) is 0 Å². The second kappa shape index (κ2) is 10.2. The molecule has 0 nitrogen and oxygen atoms in total. The molecule has 0 atom stereocenters. The molecule has 0 aliphatic rings. The molecule has 0 radical (unpaired) electrons. The molecule has 0 aromatic heterocycles. The third-order valence-electron chi connectivity index (χ3n) is 0.556. The first kappa shape index (κ1) is 11.0. The molecule has 40 valence electrons. The largest absolute Gasteiger partial charge is 2.00 e. The topological polar surface area (TPSA) is 0 Å². The molecule has 1 rings (SSSR count). The average Bonchev–Trinajstić information content (AvgIpc) is 2.23. The van der Waals surface area contributed by atoms with Crippen molar-refractivity contribution in [2.24, 2.45) is 0 Å². The maximum Gasteiger partial charge on any atom is 2.00 e. The first-order valence-corrected chi connectivity index (χ1v) is 2.37. The molecule has 0 N–H and O–H groups in total. The average molecular weight is 118 g/mol. The molecule has 8 heavy (non-hydrogen) atoms. The molecule has 0 spiro atoms. The van der Waals surface area contributed by atoms with E-state index >= 15 is 0 Å². The van der Waals surface area contributed by atoms with Gasteiger partial charge in [-0.15, -0.1) is 0 Å². The molecule has 0 saturated heterocycles. The van der Waals surface area contributed by atoms with E-state index in [0.717, 1.165) is 0 Å². The van der Waals surface area contributed by atoms with Gasteiger partial charge < -0.3 is 6.92 Å². The summed E-state index contributed by atoms with van der Waals surface area (Å²) in [6.45, 7) is 5.00. The molecule has 1 aromatic rings. The van der Waals surface area contributed by atoms with Crippen molar-refractivity contribution >= 4 is 23.1 Å². The minimum atomic E-state index is 0. The molecular formula is C7H10Mg. The van der Waals surface area contributed by atoms with Crippen LogP contribution in [0, 0.1) is 6.92 Å². The Bertz CT molecular complexity index is 60.9. The van der Waals surface area contributed by atoms with E-state index in [4.69, 9.17) is 0 Å². The molecule has 0 unspecified atom stereocenters. The summed E-state index contributed by atoms with van der Waals surface area (Å²) >= 11 is 0. The van der Waals surface area contributed by atoms with E-state index in [0.29, 0.717) is 0 Å². The van der Waals surface area contributed by atoms with E-state index in [-0.39, 0.29) is 23.1 Å². The quantitative estimate of drug-likeness (QED) is 0.360. The zero-order valence-corrected chi connectivity index (χ0v) is 6.72. The van der Waals surface area contributed by atoms with Gasteiger partial charge in [-0.25, -0.2) is 12.1 Å². The van der Waals surface area contributed by atoms with E-state index < -0.39 is 0 Å². The third kappa shape index (κ3) is 6.12. The molecule has 0 amide bonds. The van der Waals surface area contributed by atoms with Crippen LogP contribution in [-0.2, 0) is 0 Å². The Morgan fingerprint density at radius 1 is 1.12 bits per heavy atom. The summed E-state index contributed by atoms with van der Waals surface area (Å²) in [7, 11) is 0. The van der Waals surface area contributed by atoms with Gasteiger partial charge in [0, 0.05) is 0 Å². The Balaban J connectivity index is 0. The van der Waals surface area contributed by atoms with Crippen LogP contribution >= 0.6 is 0 Å². The van der Waals surface area contributed by atoms with Crippen LogP contribution in [-0.4, -0.2) is 23.1 Å². The molecule has 0 fully saturated rings. The molecule has 0 heterocycles. The fourth-order valence-corrected chi connectivity index (χ4v) is 0.321. The maximum absolute atomic E-state index is 3.25. The van der Waals surface area contributed by atoms with Crippen molar-refractivity contribution in [2.45, 2.75) is 6.92 Å². The Kier molecular flexibility index (Phi) is 14.0. The van der Waals surface area contributed by atoms with Gasteiger partial charge in [-0.05, 0) is 0 Å². The summed E-state index contributed by atoms with van der Waals surface area (Å²) in [6, 6.07) is 10.0. The number of hydrogen-bond donors (Lipinski definition) is 0. The summed E-state index contributed by atoms with van der Waals surface area (Å²) in [5.74, 6) is 0. The fourth-order valence-electron chi connectivity index (χ4n) is 0.321. The number of rotatable bonds is 0. The van der Waals surface area contributed by atoms with Gasteiger partial charge >= 0.3 is 23.1 Å². The smallest absolute Gasteiger partial charge is 0.346 e. The SMILES string of the molecule is [CH2-]C.[Mg+2].c1cc[cH-]c1. The van der Waals surface area contributed by atoms with Crippen molar-refractivity contribution in [3.63, 3.8) is 0 Å². The van der Waals surface area contributed by atoms with E-state index in [1.54, 1.807) is 6.92 Å². The van der Waals surface area contributed by atoms with Crippen molar-refractivity contribution in [1.29, 1.82) is 0 Å². The minimum absolute atomic E-state index is 0. The van der Waals surface area contributed by atoms with Gasteiger partial charge in [-0.3, -0.25) is 0 Å². The second-order valence-electron chi connectivity index (χ2n) is 0.962. The van der Waals surface area contributed by atoms with Crippen LogP contribution in [0.25, 0.3) is 0 Å². The summed E-state index contributed by atoms with van der Waals surface area (Å²) in [5.41, 5.74) is 0. The van der Waals surface area contributed by atoms with Crippen molar-refractivity contribution in [3.05, 3.63) is 37.3 Å². The summed E-state index contributed by atoms with van der Waals surface area (Å²) in [5, 5.41) is 0. The van der Waals surface area contributed by atoms with Crippen molar-refractivity contribution in [2.75, 3.05) is 0 Å². The van der Waals surface area contributed by atoms with Gasteiger partial charge in [0.05, 0.1) is 0 Å². The van der Waals surface area contributed by atoms with Crippen molar-refractivity contribution < 1.29 is 0 Å². The predicted molar refractivity (Wildman–Crippen MR) is 38.8 cm³/mol. The van der Waals surface area contributed by atoms with Gasteiger partial charge in [-0.1, -0.05) is 0 Å². The summed E-state index contributed by atoms with van der Waals surface area (Å²) < 4.78 is 0. The Morgan fingerprint density at radius 3 is 1.62 bits per heavy atom. The first-order valence-electron chi connectivity index (χ1n) is 2.37.